The highest BCUT2D eigenvalue weighted by Crippen LogP contribution is 2.40. The van der Waals surface area contributed by atoms with Gasteiger partial charge in [0.1, 0.15) is 0 Å². The second-order valence-corrected chi connectivity index (χ2v) is 6.33. The van der Waals surface area contributed by atoms with E-state index in [-0.39, 0.29) is 0 Å². The van der Waals surface area contributed by atoms with Crippen LogP contribution in [0.25, 0.3) is 0 Å². The molecule has 1 aliphatic rings. The quantitative estimate of drug-likeness (QED) is 0.414. The molecular weight excluding hydrogens is 359 g/mol. The van der Waals surface area contributed by atoms with Crippen LogP contribution in [-0.2, 0) is 10.3 Å². The lowest BCUT2D eigenvalue weighted by Crippen LogP contribution is -2.31. The maximum atomic E-state index is 6.08. The van der Waals surface area contributed by atoms with Gasteiger partial charge in [-0.25, -0.2) is 0 Å². The largest absolute Gasteiger partial charge is 0.357 e. The van der Waals surface area contributed by atoms with Gasteiger partial charge in [-0.2, -0.15) is 0 Å². The summed E-state index contributed by atoms with van der Waals surface area (Å²) in [6.07, 6.45) is 1.04. The van der Waals surface area contributed by atoms with Crippen molar-refractivity contribution in [3.63, 3.8) is 0 Å². The number of hydrogen-bond acceptors (Lipinski definition) is 1. The lowest BCUT2D eigenvalue weighted by molar-refractivity contribution is 0.0559. The lowest BCUT2D eigenvalue weighted by atomic mass is 9.91. The van der Waals surface area contributed by atoms with Crippen LogP contribution >= 0.6 is 22.6 Å². The predicted octanol–water partition coefficient (Wildman–Crippen LogP) is 4.16. The van der Waals surface area contributed by atoms with Gasteiger partial charge in [-0.3, -0.25) is 0 Å². The summed E-state index contributed by atoms with van der Waals surface area (Å²) in [5, 5.41) is 0. The minimum absolute atomic E-state index is 0.374. The summed E-state index contributed by atoms with van der Waals surface area (Å²) in [5.41, 5.74) is 1.71. The Morgan fingerprint density at radius 2 is 1.65 bits per heavy atom. The van der Waals surface area contributed by atoms with Crippen molar-refractivity contribution in [3.05, 3.63) is 71.8 Å². The summed E-state index contributed by atoms with van der Waals surface area (Å²) in [7, 11) is 0. The van der Waals surface area contributed by atoms with Gasteiger partial charge >= 0.3 is 0 Å². The Morgan fingerprint density at radius 3 is 2.25 bits per heavy atom. The molecule has 0 saturated carbocycles. The van der Waals surface area contributed by atoms with Gasteiger partial charge in [-0.05, 0) is 24.1 Å². The third-order valence-corrected chi connectivity index (χ3v) is 5.01. The average molecular weight is 374 g/mol. The molecule has 2 aromatic carbocycles. The normalized spacial score (nSPS) is 24.9. The summed E-state index contributed by atoms with van der Waals surface area (Å²) < 4.78 is 6.45. The van der Waals surface area contributed by atoms with Crippen LogP contribution in [-0.4, -0.2) is 10.5 Å². The molecule has 0 aliphatic carbocycles. The van der Waals surface area contributed by atoms with E-state index < -0.39 is 5.60 Å². The minimum atomic E-state index is -0.475. The molecule has 1 nitrogen and oxygen atoms in total. The van der Waals surface area contributed by atoms with Gasteiger partial charge in [0.25, 0.3) is 0 Å². The van der Waals surface area contributed by atoms with Gasteiger partial charge < -0.3 is 4.74 Å². The van der Waals surface area contributed by atoms with E-state index in [2.05, 4.69) is 46.6 Å². The topological polar surface area (TPSA) is 9.23 Å². The molecule has 0 aromatic heterocycles. The van der Waals surface area contributed by atoms with Crippen molar-refractivity contribution >= 4 is 22.6 Å². The molecule has 0 bridgehead atoms. The van der Waals surface area contributed by atoms with Crippen LogP contribution in [0.5, 0.6) is 0 Å². The zero-order chi connectivity index (χ0) is 13.8. The monoisotopic (exact) mass is 374 g/mol. The Morgan fingerprint density at radius 1 is 1.00 bits per heavy atom. The zero-order valence-electron chi connectivity index (χ0n) is 11.1. The molecular formula is C18H15IO. The van der Waals surface area contributed by atoms with Crippen LogP contribution in [0.1, 0.15) is 17.5 Å². The Kier molecular flexibility index (Phi) is 4.09. The van der Waals surface area contributed by atoms with E-state index in [0.29, 0.717) is 3.92 Å². The van der Waals surface area contributed by atoms with E-state index in [0.717, 1.165) is 24.2 Å². The number of hydrogen-bond donors (Lipinski definition) is 0. The van der Waals surface area contributed by atoms with Crippen molar-refractivity contribution in [2.45, 2.75) is 15.9 Å². The molecule has 1 heterocycles. The first-order valence-electron chi connectivity index (χ1n) is 6.73. The highest BCUT2D eigenvalue weighted by Gasteiger charge is 2.43. The summed E-state index contributed by atoms with van der Waals surface area (Å²) >= 11 is 2.47. The molecule has 2 heteroatoms. The van der Waals surface area contributed by atoms with Gasteiger partial charge in [0.15, 0.2) is 5.60 Å². The molecule has 0 unspecified atom stereocenters. The fourth-order valence-corrected chi connectivity index (χ4v) is 3.39. The predicted molar refractivity (Wildman–Crippen MR) is 89.8 cm³/mol. The number of ether oxygens (including phenoxy) is 1. The van der Waals surface area contributed by atoms with Gasteiger partial charge in [0.2, 0.25) is 0 Å². The van der Waals surface area contributed by atoms with Crippen molar-refractivity contribution in [1.29, 1.82) is 0 Å². The van der Waals surface area contributed by atoms with Crippen LogP contribution in [0.15, 0.2) is 60.7 Å². The maximum absolute atomic E-state index is 6.08. The summed E-state index contributed by atoms with van der Waals surface area (Å²) in [6.45, 7) is 0.770. The van der Waals surface area contributed by atoms with Crippen molar-refractivity contribution in [3.8, 4) is 11.8 Å². The summed E-state index contributed by atoms with van der Waals surface area (Å²) in [5.74, 6) is 6.67. The molecule has 0 amide bonds. The molecule has 1 saturated heterocycles. The fraction of sp³-hybridized carbons (Fsp3) is 0.222. The first-order valence-corrected chi connectivity index (χ1v) is 7.97. The van der Waals surface area contributed by atoms with E-state index in [1.165, 1.54) is 0 Å². The molecule has 1 aliphatic heterocycles. The summed E-state index contributed by atoms with van der Waals surface area (Å²) in [6, 6.07) is 20.4. The maximum Gasteiger partial charge on any atom is 0.166 e. The zero-order valence-corrected chi connectivity index (χ0v) is 13.2. The van der Waals surface area contributed by atoms with E-state index in [1.54, 1.807) is 0 Å². The molecule has 2 aromatic rings. The van der Waals surface area contributed by atoms with Crippen LogP contribution in [0.4, 0.5) is 0 Å². The third kappa shape index (κ3) is 2.61. The number of benzene rings is 2. The van der Waals surface area contributed by atoms with Gasteiger partial charge in [0.05, 0.1) is 10.5 Å². The standard InChI is InChI=1S/C18H15IO/c19-17-12-14-20-18(17,16-9-5-2-6-10-16)13-11-15-7-3-1-4-8-15/h1-10,17H,12,14H2/t17-,18+/m1/s1. The molecule has 0 radical (unpaired) electrons. The Labute approximate surface area is 133 Å². The minimum Gasteiger partial charge on any atom is -0.357 e. The summed E-state index contributed by atoms with van der Waals surface area (Å²) in [4.78, 5) is 0. The van der Waals surface area contributed by atoms with Crippen LogP contribution < -0.4 is 0 Å². The third-order valence-electron chi connectivity index (χ3n) is 3.51. The van der Waals surface area contributed by atoms with Crippen LogP contribution in [0.3, 0.4) is 0 Å². The van der Waals surface area contributed by atoms with Crippen molar-refractivity contribution in [2.24, 2.45) is 0 Å². The fourth-order valence-electron chi connectivity index (χ4n) is 2.44. The molecule has 0 N–H and O–H groups in total. The Hall–Kier alpha value is -1.31. The lowest BCUT2D eigenvalue weighted by Gasteiger charge is -2.26. The highest BCUT2D eigenvalue weighted by molar-refractivity contribution is 14.1. The van der Waals surface area contributed by atoms with E-state index >= 15 is 0 Å². The van der Waals surface area contributed by atoms with Crippen molar-refractivity contribution < 1.29 is 4.74 Å². The first-order chi connectivity index (χ1) is 9.81. The van der Waals surface area contributed by atoms with Gasteiger partial charge in [0, 0.05) is 5.56 Å². The molecule has 2 atom stereocenters. The van der Waals surface area contributed by atoms with Gasteiger partial charge in [-0.1, -0.05) is 83.0 Å². The molecule has 3 rings (SSSR count). The smallest absolute Gasteiger partial charge is 0.166 e. The van der Waals surface area contributed by atoms with Crippen molar-refractivity contribution in [1.82, 2.24) is 0 Å². The number of alkyl halides is 1. The van der Waals surface area contributed by atoms with E-state index in [4.69, 9.17) is 4.74 Å². The van der Waals surface area contributed by atoms with Crippen molar-refractivity contribution in [2.75, 3.05) is 6.61 Å². The Balaban J connectivity index is 2.03. The second-order valence-electron chi connectivity index (χ2n) is 4.82. The van der Waals surface area contributed by atoms with Crippen LogP contribution in [0.2, 0.25) is 0 Å². The Bertz CT molecular complexity index is 627. The number of rotatable bonds is 1. The second kappa shape index (κ2) is 5.99. The molecule has 0 spiro atoms. The first kappa shape index (κ1) is 13.7. The molecule has 100 valence electrons. The van der Waals surface area contributed by atoms with E-state index in [1.807, 2.05) is 48.5 Å². The average Bonchev–Trinajstić information content (AvgIpc) is 2.89. The van der Waals surface area contributed by atoms with Crippen LogP contribution in [0, 0.1) is 11.8 Å². The van der Waals surface area contributed by atoms with E-state index in [9.17, 15) is 0 Å². The van der Waals surface area contributed by atoms with Gasteiger partial charge in [-0.15, -0.1) is 0 Å². The molecule has 20 heavy (non-hydrogen) atoms. The molecule has 1 fully saturated rings. The highest BCUT2D eigenvalue weighted by atomic mass is 127. The SMILES string of the molecule is I[C@@H]1CCO[C@@]1(C#Cc1ccccc1)c1ccccc1. The number of halogens is 1.